The molecule has 1 aromatic rings. The lowest BCUT2D eigenvalue weighted by Crippen LogP contribution is -2.29. The third-order valence-electron chi connectivity index (χ3n) is 2.81. The highest BCUT2D eigenvalue weighted by Gasteiger charge is 2.16. The fraction of sp³-hybridized carbons (Fsp3) is 0.583. The third-order valence-corrected chi connectivity index (χ3v) is 2.81. The van der Waals surface area contributed by atoms with Crippen molar-refractivity contribution < 1.29 is 4.74 Å². The van der Waals surface area contributed by atoms with Gasteiger partial charge in [-0.05, 0) is 31.9 Å². The van der Waals surface area contributed by atoms with Crippen molar-refractivity contribution in [3.05, 3.63) is 30.1 Å². The number of rotatable bonds is 4. The van der Waals surface area contributed by atoms with Crippen molar-refractivity contribution in [1.29, 1.82) is 0 Å². The van der Waals surface area contributed by atoms with Crippen LogP contribution in [0.3, 0.4) is 0 Å². The van der Waals surface area contributed by atoms with E-state index in [1.807, 2.05) is 24.4 Å². The molecule has 1 saturated heterocycles. The molecule has 3 heteroatoms. The van der Waals surface area contributed by atoms with E-state index in [0.29, 0.717) is 12.1 Å². The number of hydrogen-bond donors (Lipinski definition) is 1. The lowest BCUT2D eigenvalue weighted by molar-refractivity contribution is 0.108. The summed E-state index contributed by atoms with van der Waals surface area (Å²) in [6.45, 7) is 3.99. The SMILES string of the molecule is CC(NCC1CCCO1)c1ccccn1. The average Bonchev–Trinajstić information content (AvgIpc) is 2.80. The Morgan fingerprint density at radius 2 is 2.53 bits per heavy atom. The standard InChI is InChI=1S/C12H18N2O/c1-10(12-6-2-3-7-13-12)14-9-11-5-4-8-15-11/h2-3,6-7,10-11,14H,4-5,8-9H2,1H3. The highest BCUT2D eigenvalue weighted by atomic mass is 16.5. The van der Waals surface area contributed by atoms with Gasteiger partial charge in [-0.25, -0.2) is 0 Å². The molecule has 0 aromatic carbocycles. The fourth-order valence-corrected chi connectivity index (χ4v) is 1.85. The minimum atomic E-state index is 0.301. The summed E-state index contributed by atoms with van der Waals surface area (Å²) in [5.74, 6) is 0. The largest absolute Gasteiger partial charge is 0.377 e. The van der Waals surface area contributed by atoms with E-state index in [1.165, 1.54) is 12.8 Å². The van der Waals surface area contributed by atoms with Gasteiger partial charge in [0.1, 0.15) is 0 Å². The number of ether oxygens (including phenoxy) is 1. The van der Waals surface area contributed by atoms with Gasteiger partial charge in [0.15, 0.2) is 0 Å². The summed E-state index contributed by atoms with van der Waals surface area (Å²) in [6, 6.07) is 6.31. The first kappa shape index (κ1) is 10.6. The van der Waals surface area contributed by atoms with Crippen LogP contribution in [0.4, 0.5) is 0 Å². The van der Waals surface area contributed by atoms with E-state index >= 15 is 0 Å². The number of hydrogen-bond acceptors (Lipinski definition) is 3. The van der Waals surface area contributed by atoms with Gasteiger partial charge in [-0.15, -0.1) is 0 Å². The van der Waals surface area contributed by atoms with Gasteiger partial charge in [0.25, 0.3) is 0 Å². The van der Waals surface area contributed by atoms with Crippen LogP contribution in [0.25, 0.3) is 0 Å². The Labute approximate surface area is 90.9 Å². The first-order chi connectivity index (χ1) is 7.36. The van der Waals surface area contributed by atoms with E-state index in [-0.39, 0.29) is 0 Å². The molecule has 2 atom stereocenters. The summed E-state index contributed by atoms with van der Waals surface area (Å²) in [5.41, 5.74) is 1.09. The van der Waals surface area contributed by atoms with Gasteiger partial charge in [-0.1, -0.05) is 6.07 Å². The molecule has 1 N–H and O–H groups in total. The minimum absolute atomic E-state index is 0.301. The van der Waals surface area contributed by atoms with Gasteiger partial charge >= 0.3 is 0 Å². The quantitative estimate of drug-likeness (QED) is 0.817. The van der Waals surface area contributed by atoms with Crippen LogP contribution >= 0.6 is 0 Å². The molecular formula is C12H18N2O. The molecule has 2 rings (SSSR count). The molecule has 1 aliphatic heterocycles. The van der Waals surface area contributed by atoms with Crippen molar-refractivity contribution in [3.63, 3.8) is 0 Å². The summed E-state index contributed by atoms with van der Waals surface area (Å²) in [6.07, 6.45) is 4.61. The van der Waals surface area contributed by atoms with Crippen molar-refractivity contribution in [2.45, 2.75) is 31.9 Å². The predicted molar refractivity (Wildman–Crippen MR) is 59.6 cm³/mol. The van der Waals surface area contributed by atoms with E-state index in [2.05, 4.69) is 17.2 Å². The highest BCUT2D eigenvalue weighted by Crippen LogP contribution is 2.13. The van der Waals surface area contributed by atoms with Gasteiger partial charge in [0.05, 0.1) is 11.8 Å². The topological polar surface area (TPSA) is 34.1 Å². The lowest BCUT2D eigenvalue weighted by Gasteiger charge is -2.16. The highest BCUT2D eigenvalue weighted by molar-refractivity contribution is 5.07. The second kappa shape index (κ2) is 5.24. The molecule has 0 saturated carbocycles. The van der Waals surface area contributed by atoms with Crippen molar-refractivity contribution in [2.24, 2.45) is 0 Å². The van der Waals surface area contributed by atoms with E-state index in [4.69, 9.17) is 4.74 Å². The Balaban J connectivity index is 1.79. The molecule has 0 aliphatic carbocycles. The fourth-order valence-electron chi connectivity index (χ4n) is 1.85. The molecule has 15 heavy (non-hydrogen) atoms. The second-order valence-electron chi connectivity index (χ2n) is 4.02. The van der Waals surface area contributed by atoms with Gasteiger partial charge < -0.3 is 10.1 Å². The van der Waals surface area contributed by atoms with Gasteiger partial charge in [-0.2, -0.15) is 0 Å². The van der Waals surface area contributed by atoms with Crippen LogP contribution in [0.2, 0.25) is 0 Å². The summed E-state index contributed by atoms with van der Waals surface area (Å²) in [5, 5.41) is 3.45. The van der Waals surface area contributed by atoms with Gasteiger partial charge in [0.2, 0.25) is 0 Å². The number of pyridine rings is 1. The van der Waals surface area contributed by atoms with Crippen LogP contribution < -0.4 is 5.32 Å². The normalized spacial score (nSPS) is 22.9. The van der Waals surface area contributed by atoms with Crippen molar-refractivity contribution in [2.75, 3.05) is 13.2 Å². The smallest absolute Gasteiger partial charge is 0.0700 e. The zero-order valence-electron chi connectivity index (χ0n) is 9.15. The molecule has 82 valence electrons. The monoisotopic (exact) mass is 206 g/mol. The summed E-state index contributed by atoms with van der Waals surface area (Å²) >= 11 is 0. The second-order valence-corrected chi connectivity index (χ2v) is 4.02. The first-order valence-electron chi connectivity index (χ1n) is 5.62. The molecule has 3 nitrogen and oxygen atoms in total. The van der Waals surface area contributed by atoms with Crippen molar-refractivity contribution in [1.82, 2.24) is 10.3 Å². The minimum Gasteiger partial charge on any atom is -0.377 e. The van der Waals surface area contributed by atoms with Gasteiger partial charge in [-0.3, -0.25) is 4.98 Å². The Morgan fingerprint density at radius 1 is 1.60 bits per heavy atom. The van der Waals surface area contributed by atoms with E-state index in [9.17, 15) is 0 Å². The molecule has 2 unspecified atom stereocenters. The van der Waals surface area contributed by atoms with Gasteiger partial charge in [0, 0.05) is 25.4 Å². The lowest BCUT2D eigenvalue weighted by atomic mass is 10.2. The van der Waals surface area contributed by atoms with E-state index < -0.39 is 0 Å². The number of aromatic nitrogens is 1. The van der Waals surface area contributed by atoms with E-state index in [0.717, 1.165) is 18.8 Å². The Hall–Kier alpha value is -0.930. The van der Waals surface area contributed by atoms with E-state index in [1.54, 1.807) is 0 Å². The summed E-state index contributed by atoms with van der Waals surface area (Å²) in [7, 11) is 0. The Morgan fingerprint density at radius 3 is 3.20 bits per heavy atom. The van der Waals surface area contributed by atoms with Crippen LogP contribution in [0.15, 0.2) is 24.4 Å². The van der Waals surface area contributed by atoms with Crippen LogP contribution in [0.1, 0.15) is 31.5 Å². The Kier molecular flexibility index (Phi) is 3.69. The summed E-state index contributed by atoms with van der Waals surface area (Å²) in [4.78, 5) is 4.32. The zero-order valence-corrected chi connectivity index (χ0v) is 9.15. The molecule has 2 heterocycles. The molecule has 0 spiro atoms. The molecular weight excluding hydrogens is 188 g/mol. The van der Waals surface area contributed by atoms with Crippen LogP contribution in [0, 0.1) is 0 Å². The molecule has 1 aromatic heterocycles. The average molecular weight is 206 g/mol. The van der Waals surface area contributed by atoms with Crippen molar-refractivity contribution >= 4 is 0 Å². The number of nitrogens with zero attached hydrogens (tertiary/aromatic N) is 1. The molecule has 1 aliphatic rings. The van der Waals surface area contributed by atoms with Crippen molar-refractivity contribution in [3.8, 4) is 0 Å². The molecule has 0 radical (unpaired) electrons. The maximum absolute atomic E-state index is 5.56. The van der Waals surface area contributed by atoms with Crippen LogP contribution in [-0.2, 0) is 4.74 Å². The molecule has 0 amide bonds. The number of nitrogens with one attached hydrogen (secondary N) is 1. The van der Waals surface area contributed by atoms with Crippen LogP contribution in [-0.4, -0.2) is 24.2 Å². The maximum atomic E-state index is 5.56. The molecule has 0 bridgehead atoms. The first-order valence-corrected chi connectivity index (χ1v) is 5.62. The maximum Gasteiger partial charge on any atom is 0.0700 e. The predicted octanol–water partition coefficient (Wildman–Crippen LogP) is 1.91. The molecule has 1 fully saturated rings. The summed E-state index contributed by atoms with van der Waals surface area (Å²) < 4.78 is 5.56. The Bertz CT molecular complexity index is 283. The van der Waals surface area contributed by atoms with Crippen LogP contribution in [0.5, 0.6) is 0 Å². The zero-order chi connectivity index (χ0) is 10.5. The third kappa shape index (κ3) is 3.01.